The Morgan fingerprint density at radius 2 is 1.70 bits per heavy atom. The number of hydrogen-bond donors (Lipinski definition) is 0. The average molecular weight is 329 g/mol. The lowest BCUT2D eigenvalue weighted by Crippen LogP contribution is -2.29. The number of likely N-dealkylation sites (tertiary alicyclic amines) is 1. The Balaban J connectivity index is 1.75. The number of nitrogens with zero attached hydrogens (tertiary/aromatic N) is 1. The van der Waals surface area contributed by atoms with Crippen LogP contribution in [0.1, 0.15) is 30.5 Å². The highest BCUT2D eigenvalue weighted by Crippen LogP contribution is 2.30. The molecule has 0 saturated carbocycles. The van der Waals surface area contributed by atoms with Gasteiger partial charge in [-0.3, -0.25) is 4.90 Å². The van der Waals surface area contributed by atoms with E-state index in [1.165, 1.54) is 5.56 Å². The summed E-state index contributed by atoms with van der Waals surface area (Å²) in [7, 11) is -3.25. The molecule has 2 atom stereocenters. The smallest absolute Gasteiger partial charge is 0.182 e. The molecule has 0 bridgehead atoms. The van der Waals surface area contributed by atoms with Crippen LogP contribution in [-0.2, 0) is 9.84 Å². The van der Waals surface area contributed by atoms with Crippen molar-refractivity contribution >= 4 is 9.84 Å². The topological polar surface area (TPSA) is 37.4 Å². The molecular weight excluding hydrogens is 306 g/mol. The molecule has 3 nitrogen and oxygen atoms in total. The van der Waals surface area contributed by atoms with E-state index in [4.69, 9.17) is 0 Å². The van der Waals surface area contributed by atoms with Gasteiger partial charge in [-0.15, -0.1) is 0 Å². The molecule has 0 N–H and O–H groups in total. The Bertz CT molecular complexity index is 754. The van der Waals surface area contributed by atoms with Crippen LogP contribution >= 0.6 is 0 Å². The Morgan fingerprint density at radius 1 is 1.04 bits per heavy atom. The molecule has 0 radical (unpaired) electrons. The van der Waals surface area contributed by atoms with Crippen LogP contribution in [0.2, 0.25) is 0 Å². The van der Waals surface area contributed by atoms with Crippen LogP contribution in [-0.4, -0.2) is 31.7 Å². The maximum absolute atomic E-state index is 12.8. The molecule has 23 heavy (non-hydrogen) atoms. The average Bonchev–Trinajstić information content (AvgIpc) is 3.06. The van der Waals surface area contributed by atoms with E-state index in [1.807, 2.05) is 37.3 Å². The monoisotopic (exact) mass is 329 g/mol. The van der Waals surface area contributed by atoms with Crippen molar-refractivity contribution in [1.82, 2.24) is 4.90 Å². The van der Waals surface area contributed by atoms with E-state index in [2.05, 4.69) is 24.0 Å². The molecule has 2 aromatic carbocycles. The maximum atomic E-state index is 12.8. The first-order valence-corrected chi connectivity index (χ1v) is 9.62. The summed E-state index contributed by atoms with van der Waals surface area (Å²) in [5, 5.41) is -0.309. The largest absolute Gasteiger partial charge is 0.295 e. The van der Waals surface area contributed by atoms with Crippen LogP contribution in [0.4, 0.5) is 0 Å². The molecular formula is C19H23NO2S. The van der Waals surface area contributed by atoms with E-state index in [0.717, 1.165) is 12.1 Å². The van der Waals surface area contributed by atoms with Crippen LogP contribution in [0.5, 0.6) is 0 Å². The van der Waals surface area contributed by atoms with Gasteiger partial charge in [0.15, 0.2) is 9.84 Å². The van der Waals surface area contributed by atoms with Gasteiger partial charge in [-0.2, -0.15) is 0 Å². The lowest BCUT2D eigenvalue weighted by Gasteiger charge is -2.24. The van der Waals surface area contributed by atoms with Crippen molar-refractivity contribution in [2.75, 3.05) is 13.1 Å². The highest BCUT2D eigenvalue weighted by molar-refractivity contribution is 7.92. The van der Waals surface area contributed by atoms with Crippen molar-refractivity contribution < 1.29 is 8.42 Å². The van der Waals surface area contributed by atoms with Crippen LogP contribution < -0.4 is 0 Å². The zero-order chi connectivity index (χ0) is 16.4. The third-order valence-corrected chi connectivity index (χ3v) is 6.99. The predicted molar refractivity (Wildman–Crippen MR) is 93.2 cm³/mol. The first-order valence-electron chi connectivity index (χ1n) is 8.08. The molecule has 3 rings (SSSR count). The normalized spacial score (nSPS) is 20.5. The Kier molecular flexibility index (Phi) is 4.55. The standard InChI is InChI=1S/C19H23NO2S/c1-15-8-10-18(11-9-15)23(21,22)19-12-13-20(14-19)16(2)17-6-4-3-5-7-17/h3-11,16,19H,12-14H2,1-2H3. The van der Waals surface area contributed by atoms with Crippen LogP contribution in [0, 0.1) is 6.92 Å². The second-order valence-corrected chi connectivity index (χ2v) is 8.58. The van der Waals surface area contributed by atoms with Crippen molar-refractivity contribution in [2.24, 2.45) is 0 Å². The van der Waals surface area contributed by atoms with Crippen molar-refractivity contribution in [3.63, 3.8) is 0 Å². The van der Waals surface area contributed by atoms with Gasteiger partial charge < -0.3 is 0 Å². The van der Waals surface area contributed by atoms with E-state index >= 15 is 0 Å². The minimum absolute atomic E-state index is 0.245. The second kappa shape index (κ2) is 6.46. The van der Waals surface area contributed by atoms with Gasteiger partial charge in [0.1, 0.15) is 0 Å². The van der Waals surface area contributed by atoms with Crippen molar-refractivity contribution in [1.29, 1.82) is 0 Å². The third-order valence-electron chi connectivity index (χ3n) is 4.79. The quantitative estimate of drug-likeness (QED) is 0.860. The zero-order valence-electron chi connectivity index (χ0n) is 13.6. The summed E-state index contributed by atoms with van der Waals surface area (Å²) in [6, 6.07) is 17.7. The molecule has 122 valence electrons. The van der Waals surface area contributed by atoms with E-state index in [9.17, 15) is 8.42 Å². The van der Waals surface area contributed by atoms with Crippen molar-refractivity contribution in [3.05, 3.63) is 65.7 Å². The molecule has 0 aromatic heterocycles. The van der Waals surface area contributed by atoms with Crippen LogP contribution in [0.3, 0.4) is 0 Å². The predicted octanol–water partition coefficient (Wildman–Crippen LogP) is 3.60. The molecule has 1 heterocycles. The summed E-state index contributed by atoms with van der Waals surface area (Å²) in [5.74, 6) is 0. The van der Waals surface area contributed by atoms with E-state index < -0.39 is 9.84 Å². The first-order chi connectivity index (χ1) is 11.0. The summed E-state index contributed by atoms with van der Waals surface area (Å²) >= 11 is 0. The number of sulfone groups is 1. The van der Waals surface area contributed by atoms with Crippen molar-refractivity contribution in [2.45, 2.75) is 36.5 Å². The minimum Gasteiger partial charge on any atom is -0.295 e. The van der Waals surface area contributed by atoms with Gasteiger partial charge in [-0.05, 0) is 38.0 Å². The fourth-order valence-corrected chi connectivity index (χ4v) is 4.93. The van der Waals surface area contributed by atoms with Gasteiger partial charge in [0.2, 0.25) is 0 Å². The molecule has 0 amide bonds. The molecule has 0 aliphatic carbocycles. The minimum atomic E-state index is -3.25. The number of benzene rings is 2. The van der Waals surface area contributed by atoms with E-state index in [-0.39, 0.29) is 11.3 Å². The highest BCUT2D eigenvalue weighted by Gasteiger charge is 2.36. The summed E-state index contributed by atoms with van der Waals surface area (Å²) in [6.07, 6.45) is 0.702. The van der Waals surface area contributed by atoms with Crippen LogP contribution in [0.15, 0.2) is 59.5 Å². The molecule has 2 aromatic rings. The van der Waals surface area contributed by atoms with Crippen molar-refractivity contribution in [3.8, 4) is 0 Å². The highest BCUT2D eigenvalue weighted by atomic mass is 32.2. The number of aryl methyl sites for hydroxylation is 1. The van der Waals surface area contributed by atoms with Gasteiger partial charge in [0.05, 0.1) is 10.1 Å². The Labute approximate surface area is 138 Å². The van der Waals surface area contributed by atoms with E-state index in [0.29, 0.717) is 17.9 Å². The lowest BCUT2D eigenvalue weighted by atomic mass is 10.1. The van der Waals surface area contributed by atoms with Gasteiger partial charge in [-0.1, -0.05) is 48.0 Å². The first kappa shape index (κ1) is 16.2. The maximum Gasteiger partial charge on any atom is 0.182 e. The fourth-order valence-electron chi connectivity index (χ4n) is 3.22. The fraction of sp³-hybridized carbons (Fsp3) is 0.368. The van der Waals surface area contributed by atoms with Gasteiger partial charge in [0, 0.05) is 19.1 Å². The summed E-state index contributed by atoms with van der Waals surface area (Å²) in [4.78, 5) is 2.72. The Morgan fingerprint density at radius 3 is 2.35 bits per heavy atom. The summed E-state index contributed by atoms with van der Waals surface area (Å²) in [5.41, 5.74) is 2.32. The number of hydrogen-bond acceptors (Lipinski definition) is 3. The van der Waals surface area contributed by atoms with E-state index in [1.54, 1.807) is 12.1 Å². The van der Waals surface area contributed by atoms with Crippen LogP contribution in [0.25, 0.3) is 0 Å². The third kappa shape index (κ3) is 3.33. The Hall–Kier alpha value is -1.65. The van der Waals surface area contributed by atoms with Gasteiger partial charge in [0.25, 0.3) is 0 Å². The molecule has 1 aliphatic heterocycles. The molecule has 2 unspecified atom stereocenters. The van der Waals surface area contributed by atoms with Gasteiger partial charge in [-0.25, -0.2) is 8.42 Å². The molecule has 4 heteroatoms. The lowest BCUT2D eigenvalue weighted by molar-refractivity contribution is 0.263. The zero-order valence-corrected chi connectivity index (χ0v) is 14.5. The SMILES string of the molecule is Cc1ccc(S(=O)(=O)C2CCN(C(C)c3ccccc3)C2)cc1. The summed E-state index contributed by atoms with van der Waals surface area (Å²) in [6.45, 7) is 5.55. The molecule has 1 saturated heterocycles. The molecule has 1 fully saturated rings. The van der Waals surface area contributed by atoms with Gasteiger partial charge >= 0.3 is 0 Å². The number of rotatable bonds is 4. The molecule has 0 spiro atoms. The molecule has 1 aliphatic rings. The summed E-state index contributed by atoms with van der Waals surface area (Å²) < 4.78 is 25.6. The second-order valence-electron chi connectivity index (χ2n) is 6.35.